The van der Waals surface area contributed by atoms with Crippen LogP contribution in [0.2, 0.25) is 10.0 Å². The molecule has 1 N–H and O–H groups in total. The summed E-state index contributed by atoms with van der Waals surface area (Å²) in [6, 6.07) is 8.77. The van der Waals surface area contributed by atoms with Crippen molar-refractivity contribution in [2.75, 3.05) is 5.32 Å². The standard InChI is InChI=1S/C17H13Cl2N3OS/c18-12-7-13(19)9-15(8-12)21-16(23)2-1-14-10-24-17(22-14)11-3-5-20-6-4-11/h3-10H,1-2H2,(H,21,23). The number of nitrogens with one attached hydrogen (secondary N) is 1. The Kier molecular flexibility index (Phi) is 5.45. The predicted molar refractivity (Wildman–Crippen MR) is 98.8 cm³/mol. The summed E-state index contributed by atoms with van der Waals surface area (Å²) in [6.45, 7) is 0. The van der Waals surface area contributed by atoms with Crippen molar-refractivity contribution in [2.45, 2.75) is 12.8 Å². The molecule has 2 heterocycles. The van der Waals surface area contributed by atoms with E-state index in [4.69, 9.17) is 23.2 Å². The molecule has 122 valence electrons. The maximum absolute atomic E-state index is 12.1. The van der Waals surface area contributed by atoms with Gasteiger partial charge in [0.05, 0.1) is 5.69 Å². The van der Waals surface area contributed by atoms with Gasteiger partial charge in [0, 0.05) is 45.5 Å². The molecule has 0 bridgehead atoms. The minimum atomic E-state index is -0.105. The number of halogens is 2. The largest absolute Gasteiger partial charge is 0.326 e. The summed E-state index contributed by atoms with van der Waals surface area (Å²) in [6.07, 6.45) is 4.38. The molecule has 4 nitrogen and oxygen atoms in total. The summed E-state index contributed by atoms with van der Waals surface area (Å²) >= 11 is 13.4. The van der Waals surface area contributed by atoms with E-state index in [1.807, 2.05) is 17.5 Å². The molecule has 0 unspecified atom stereocenters. The first kappa shape index (κ1) is 16.9. The van der Waals surface area contributed by atoms with Crippen LogP contribution in [0.15, 0.2) is 48.1 Å². The smallest absolute Gasteiger partial charge is 0.224 e. The van der Waals surface area contributed by atoms with Crippen LogP contribution >= 0.6 is 34.5 Å². The lowest BCUT2D eigenvalue weighted by molar-refractivity contribution is -0.116. The number of aromatic nitrogens is 2. The molecule has 24 heavy (non-hydrogen) atoms. The molecule has 2 aromatic heterocycles. The second kappa shape index (κ2) is 7.75. The monoisotopic (exact) mass is 377 g/mol. The summed E-state index contributed by atoms with van der Waals surface area (Å²) in [5.74, 6) is -0.105. The third-order valence-electron chi connectivity index (χ3n) is 3.23. The van der Waals surface area contributed by atoms with Gasteiger partial charge in [-0.25, -0.2) is 4.98 Å². The number of rotatable bonds is 5. The molecule has 3 aromatic rings. The molecule has 0 saturated carbocycles. The van der Waals surface area contributed by atoms with Gasteiger partial charge in [-0.1, -0.05) is 23.2 Å². The Labute approximate surface area is 153 Å². The van der Waals surface area contributed by atoms with E-state index in [0.717, 1.165) is 16.3 Å². The molecule has 7 heteroatoms. The lowest BCUT2D eigenvalue weighted by Gasteiger charge is -2.05. The van der Waals surface area contributed by atoms with Gasteiger partial charge < -0.3 is 5.32 Å². The topological polar surface area (TPSA) is 54.9 Å². The van der Waals surface area contributed by atoms with Crippen LogP contribution in [-0.2, 0) is 11.2 Å². The maximum Gasteiger partial charge on any atom is 0.224 e. The van der Waals surface area contributed by atoms with Gasteiger partial charge in [-0.05, 0) is 36.8 Å². The highest BCUT2D eigenvalue weighted by atomic mass is 35.5. The normalized spacial score (nSPS) is 10.6. The van der Waals surface area contributed by atoms with E-state index in [0.29, 0.717) is 28.6 Å². The maximum atomic E-state index is 12.1. The number of hydrogen-bond donors (Lipinski definition) is 1. The minimum Gasteiger partial charge on any atom is -0.326 e. The van der Waals surface area contributed by atoms with Crippen molar-refractivity contribution in [1.82, 2.24) is 9.97 Å². The molecule has 0 fully saturated rings. The van der Waals surface area contributed by atoms with Crippen LogP contribution in [0.1, 0.15) is 12.1 Å². The molecule has 0 radical (unpaired) electrons. The number of aryl methyl sites for hydroxylation is 1. The van der Waals surface area contributed by atoms with E-state index >= 15 is 0 Å². The molecule has 0 aliphatic carbocycles. The third kappa shape index (κ3) is 4.54. The van der Waals surface area contributed by atoms with Gasteiger partial charge in [0.2, 0.25) is 5.91 Å². The van der Waals surface area contributed by atoms with Crippen LogP contribution in [-0.4, -0.2) is 15.9 Å². The van der Waals surface area contributed by atoms with Crippen LogP contribution in [0.25, 0.3) is 10.6 Å². The second-order valence-electron chi connectivity index (χ2n) is 5.09. The Morgan fingerprint density at radius 1 is 1.12 bits per heavy atom. The number of benzene rings is 1. The zero-order chi connectivity index (χ0) is 16.9. The number of thiazole rings is 1. The Hall–Kier alpha value is -1.95. The highest BCUT2D eigenvalue weighted by Gasteiger charge is 2.08. The molecule has 0 saturated heterocycles. The first-order valence-electron chi connectivity index (χ1n) is 7.21. The van der Waals surface area contributed by atoms with E-state index in [1.54, 1.807) is 41.9 Å². The number of carbonyl (C=O) groups is 1. The van der Waals surface area contributed by atoms with E-state index in [9.17, 15) is 4.79 Å². The predicted octanol–water partition coefficient (Wildman–Crippen LogP) is 5.08. The van der Waals surface area contributed by atoms with Gasteiger partial charge in [0.15, 0.2) is 0 Å². The van der Waals surface area contributed by atoms with Gasteiger partial charge in [-0.15, -0.1) is 11.3 Å². The quantitative estimate of drug-likeness (QED) is 0.673. The highest BCUT2D eigenvalue weighted by Crippen LogP contribution is 2.24. The fourth-order valence-corrected chi connectivity index (χ4v) is 3.53. The summed E-state index contributed by atoms with van der Waals surface area (Å²) in [5.41, 5.74) is 2.51. The lowest BCUT2D eigenvalue weighted by Crippen LogP contribution is -2.12. The Bertz CT molecular complexity index is 832. The molecule has 0 atom stereocenters. The fraction of sp³-hybridized carbons (Fsp3) is 0.118. The summed E-state index contributed by atoms with van der Waals surface area (Å²) in [5, 5.41) is 6.66. The Morgan fingerprint density at radius 3 is 2.54 bits per heavy atom. The summed E-state index contributed by atoms with van der Waals surface area (Å²) < 4.78 is 0. The minimum absolute atomic E-state index is 0.105. The third-order valence-corrected chi connectivity index (χ3v) is 4.61. The molecular formula is C17H13Cl2N3OS. The molecule has 0 spiro atoms. The molecule has 0 aliphatic rings. The van der Waals surface area contributed by atoms with E-state index in [2.05, 4.69) is 15.3 Å². The lowest BCUT2D eigenvalue weighted by atomic mass is 10.2. The van der Waals surface area contributed by atoms with Gasteiger partial charge >= 0.3 is 0 Å². The zero-order valence-electron chi connectivity index (χ0n) is 12.5. The number of carbonyl (C=O) groups excluding carboxylic acids is 1. The van der Waals surface area contributed by atoms with Gasteiger partial charge in [0.1, 0.15) is 5.01 Å². The second-order valence-corrected chi connectivity index (χ2v) is 6.82. The SMILES string of the molecule is O=C(CCc1csc(-c2ccncc2)n1)Nc1cc(Cl)cc(Cl)c1. The number of amides is 1. The molecule has 1 amide bonds. The van der Waals surface area contributed by atoms with Crippen LogP contribution in [0.5, 0.6) is 0 Å². The van der Waals surface area contributed by atoms with Gasteiger partial charge in [0.25, 0.3) is 0 Å². The van der Waals surface area contributed by atoms with E-state index < -0.39 is 0 Å². The van der Waals surface area contributed by atoms with Gasteiger partial charge in [-0.3, -0.25) is 9.78 Å². The van der Waals surface area contributed by atoms with E-state index in [1.165, 1.54) is 0 Å². The Morgan fingerprint density at radius 2 is 1.83 bits per heavy atom. The van der Waals surface area contributed by atoms with Crippen molar-refractivity contribution in [2.24, 2.45) is 0 Å². The molecule has 1 aromatic carbocycles. The first-order chi connectivity index (χ1) is 11.6. The van der Waals surface area contributed by atoms with E-state index in [-0.39, 0.29) is 5.91 Å². The fourth-order valence-electron chi connectivity index (χ4n) is 2.14. The zero-order valence-corrected chi connectivity index (χ0v) is 14.8. The average molecular weight is 378 g/mol. The summed E-state index contributed by atoms with van der Waals surface area (Å²) in [4.78, 5) is 20.6. The van der Waals surface area contributed by atoms with Crippen LogP contribution in [0.3, 0.4) is 0 Å². The summed E-state index contributed by atoms with van der Waals surface area (Å²) in [7, 11) is 0. The van der Waals surface area contributed by atoms with Crippen molar-refractivity contribution in [3.8, 4) is 10.6 Å². The van der Waals surface area contributed by atoms with Crippen molar-refractivity contribution in [3.05, 3.63) is 63.8 Å². The molecule has 3 rings (SSSR count). The Balaban J connectivity index is 1.58. The highest BCUT2D eigenvalue weighted by molar-refractivity contribution is 7.13. The first-order valence-corrected chi connectivity index (χ1v) is 8.84. The van der Waals surface area contributed by atoms with Crippen molar-refractivity contribution < 1.29 is 4.79 Å². The van der Waals surface area contributed by atoms with Crippen LogP contribution in [0, 0.1) is 0 Å². The number of pyridine rings is 1. The number of nitrogens with zero attached hydrogens (tertiary/aromatic N) is 2. The van der Waals surface area contributed by atoms with Crippen molar-refractivity contribution in [1.29, 1.82) is 0 Å². The molecule has 0 aliphatic heterocycles. The van der Waals surface area contributed by atoms with Gasteiger partial charge in [-0.2, -0.15) is 0 Å². The van der Waals surface area contributed by atoms with Crippen LogP contribution < -0.4 is 5.32 Å². The average Bonchev–Trinajstić information content (AvgIpc) is 3.02. The molecular weight excluding hydrogens is 365 g/mol. The number of anilines is 1. The van der Waals surface area contributed by atoms with Crippen molar-refractivity contribution >= 4 is 46.1 Å². The van der Waals surface area contributed by atoms with Crippen molar-refractivity contribution in [3.63, 3.8) is 0 Å². The number of hydrogen-bond acceptors (Lipinski definition) is 4. The van der Waals surface area contributed by atoms with Crippen LogP contribution in [0.4, 0.5) is 5.69 Å².